The van der Waals surface area contributed by atoms with E-state index < -0.39 is 0 Å². The van der Waals surface area contributed by atoms with Crippen LogP contribution in [0.5, 0.6) is 0 Å². The molecule has 0 atom stereocenters. The van der Waals surface area contributed by atoms with E-state index in [0.717, 1.165) is 24.1 Å². The Morgan fingerprint density at radius 1 is 1.07 bits per heavy atom. The SMILES string of the molecule is CC(C)c1ccc(CCC(=O)Nc2nc(-c3ccc4c(c3)CCCC4)cs2)cc1. The number of aryl methyl sites for hydroxylation is 3. The Morgan fingerprint density at radius 3 is 2.59 bits per heavy atom. The summed E-state index contributed by atoms with van der Waals surface area (Å²) in [5.74, 6) is 0.547. The van der Waals surface area contributed by atoms with Gasteiger partial charge in [0.15, 0.2) is 5.13 Å². The minimum absolute atomic E-state index is 0.0178. The second kappa shape index (κ2) is 8.91. The van der Waals surface area contributed by atoms with Crippen molar-refractivity contribution in [2.24, 2.45) is 0 Å². The number of hydrogen-bond acceptors (Lipinski definition) is 3. The van der Waals surface area contributed by atoms with Gasteiger partial charge in [0, 0.05) is 17.4 Å². The van der Waals surface area contributed by atoms with Gasteiger partial charge in [0.25, 0.3) is 0 Å². The lowest BCUT2D eigenvalue weighted by molar-refractivity contribution is -0.116. The van der Waals surface area contributed by atoms with Crippen LogP contribution in [0.15, 0.2) is 47.8 Å². The van der Waals surface area contributed by atoms with E-state index in [1.807, 2.05) is 5.38 Å². The van der Waals surface area contributed by atoms with E-state index in [1.54, 1.807) is 0 Å². The molecule has 150 valence electrons. The van der Waals surface area contributed by atoms with E-state index in [-0.39, 0.29) is 5.91 Å². The second-order valence-corrected chi connectivity index (χ2v) is 9.03. The molecule has 1 aliphatic rings. The van der Waals surface area contributed by atoms with Gasteiger partial charge >= 0.3 is 0 Å². The molecule has 1 aromatic heterocycles. The van der Waals surface area contributed by atoms with Crippen LogP contribution in [-0.2, 0) is 24.1 Å². The maximum absolute atomic E-state index is 12.4. The minimum Gasteiger partial charge on any atom is -0.302 e. The fourth-order valence-corrected chi connectivity index (χ4v) is 4.60. The molecule has 3 nitrogen and oxygen atoms in total. The number of fused-ring (bicyclic) bond motifs is 1. The monoisotopic (exact) mass is 404 g/mol. The molecule has 0 saturated heterocycles. The van der Waals surface area contributed by atoms with E-state index >= 15 is 0 Å². The number of carbonyl (C=O) groups is 1. The topological polar surface area (TPSA) is 42.0 Å². The smallest absolute Gasteiger partial charge is 0.226 e. The predicted molar refractivity (Wildman–Crippen MR) is 122 cm³/mol. The summed E-state index contributed by atoms with van der Waals surface area (Å²) >= 11 is 1.49. The Labute approximate surface area is 177 Å². The quantitative estimate of drug-likeness (QED) is 0.518. The summed E-state index contributed by atoms with van der Waals surface area (Å²) in [6.45, 7) is 4.38. The van der Waals surface area contributed by atoms with Crippen molar-refractivity contribution in [2.45, 2.75) is 58.3 Å². The molecule has 0 unspecified atom stereocenters. The Bertz CT molecular complexity index is 988. The maximum atomic E-state index is 12.4. The minimum atomic E-state index is 0.0178. The highest BCUT2D eigenvalue weighted by atomic mass is 32.1. The van der Waals surface area contributed by atoms with Crippen molar-refractivity contribution in [1.82, 2.24) is 4.98 Å². The summed E-state index contributed by atoms with van der Waals surface area (Å²) in [4.78, 5) is 17.0. The average molecular weight is 405 g/mol. The zero-order valence-electron chi connectivity index (χ0n) is 17.2. The number of benzene rings is 2. The van der Waals surface area contributed by atoms with Gasteiger partial charge in [-0.15, -0.1) is 11.3 Å². The van der Waals surface area contributed by atoms with Crippen LogP contribution in [0.2, 0.25) is 0 Å². The number of anilines is 1. The van der Waals surface area contributed by atoms with Gasteiger partial charge in [0.2, 0.25) is 5.91 Å². The molecular weight excluding hydrogens is 376 g/mol. The molecule has 0 aliphatic heterocycles. The normalized spacial score (nSPS) is 13.3. The molecule has 0 saturated carbocycles. The van der Waals surface area contributed by atoms with Crippen LogP contribution in [0, 0.1) is 0 Å². The summed E-state index contributed by atoms with van der Waals surface area (Å²) in [5, 5.41) is 5.67. The molecule has 1 heterocycles. The second-order valence-electron chi connectivity index (χ2n) is 8.17. The molecule has 0 radical (unpaired) electrons. The summed E-state index contributed by atoms with van der Waals surface area (Å²) in [7, 11) is 0. The van der Waals surface area contributed by atoms with Crippen molar-refractivity contribution >= 4 is 22.4 Å². The first-order valence-corrected chi connectivity index (χ1v) is 11.4. The van der Waals surface area contributed by atoms with Crippen LogP contribution in [-0.4, -0.2) is 10.9 Å². The van der Waals surface area contributed by atoms with Gasteiger partial charge in [-0.3, -0.25) is 4.79 Å². The van der Waals surface area contributed by atoms with Gasteiger partial charge in [-0.25, -0.2) is 4.98 Å². The van der Waals surface area contributed by atoms with Crippen LogP contribution in [0.25, 0.3) is 11.3 Å². The Balaban J connectivity index is 1.34. The molecule has 0 bridgehead atoms. The highest BCUT2D eigenvalue weighted by molar-refractivity contribution is 7.14. The first-order valence-electron chi connectivity index (χ1n) is 10.5. The highest BCUT2D eigenvalue weighted by Gasteiger charge is 2.13. The van der Waals surface area contributed by atoms with Crippen LogP contribution in [0.4, 0.5) is 5.13 Å². The van der Waals surface area contributed by atoms with Gasteiger partial charge in [0.05, 0.1) is 5.69 Å². The fourth-order valence-electron chi connectivity index (χ4n) is 3.87. The van der Waals surface area contributed by atoms with Gasteiger partial charge in [-0.2, -0.15) is 0 Å². The van der Waals surface area contributed by atoms with Gasteiger partial charge in [0.1, 0.15) is 0 Å². The number of nitrogens with one attached hydrogen (secondary N) is 1. The first-order chi connectivity index (χ1) is 14.1. The molecule has 3 aromatic rings. The van der Waals surface area contributed by atoms with Crippen molar-refractivity contribution in [3.8, 4) is 11.3 Å². The molecule has 0 fully saturated rings. The number of hydrogen-bond donors (Lipinski definition) is 1. The Kier molecular flexibility index (Phi) is 6.10. The average Bonchev–Trinajstić information content (AvgIpc) is 3.20. The number of carbonyl (C=O) groups excluding carboxylic acids is 1. The summed E-state index contributed by atoms with van der Waals surface area (Å²) < 4.78 is 0. The van der Waals surface area contributed by atoms with Gasteiger partial charge < -0.3 is 5.32 Å². The molecule has 1 aliphatic carbocycles. The Hall–Kier alpha value is -2.46. The van der Waals surface area contributed by atoms with Crippen molar-refractivity contribution in [2.75, 3.05) is 5.32 Å². The van der Waals surface area contributed by atoms with Crippen molar-refractivity contribution in [3.05, 3.63) is 70.1 Å². The predicted octanol–water partition coefficient (Wildman–Crippen LogP) is 6.38. The molecule has 2 aromatic carbocycles. The first kappa shape index (κ1) is 19.8. The number of rotatable bonds is 6. The largest absolute Gasteiger partial charge is 0.302 e. The van der Waals surface area contributed by atoms with Crippen LogP contribution in [0.1, 0.15) is 61.3 Å². The standard InChI is InChI=1S/C25H28N2OS/c1-17(2)19-10-7-18(8-11-19)9-14-24(28)27-25-26-23(16-29-25)22-13-12-20-5-3-4-6-21(20)15-22/h7-8,10-13,15-17H,3-6,9,14H2,1-2H3,(H,26,27,28). The highest BCUT2D eigenvalue weighted by Crippen LogP contribution is 2.29. The zero-order chi connectivity index (χ0) is 20.2. The Morgan fingerprint density at radius 2 is 1.83 bits per heavy atom. The number of amides is 1. The van der Waals surface area contributed by atoms with Crippen LogP contribution >= 0.6 is 11.3 Å². The number of nitrogens with zero attached hydrogens (tertiary/aromatic N) is 1. The summed E-state index contributed by atoms with van der Waals surface area (Å²) in [6, 6.07) is 15.2. The molecule has 4 rings (SSSR count). The molecule has 0 spiro atoms. The van der Waals surface area contributed by atoms with Crippen LogP contribution in [0.3, 0.4) is 0 Å². The molecule has 1 amide bonds. The lowest BCUT2D eigenvalue weighted by atomic mass is 9.90. The van der Waals surface area contributed by atoms with Crippen molar-refractivity contribution < 1.29 is 4.79 Å². The van der Waals surface area contributed by atoms with E-state index in [9.17, 15) is 4.79 Å². The third-order valence-electron chi connectivity index (χ3n) is 5.68. The zero-order valence-corrected chi connectivity index (χ0v) is 18.0. The van der Waals surface area contributed by atoms with Gasteiger partial charge in [-0.05, 0) is 66.3 Å². The molecular formula is C25H28N2OS. The third kappa shape index (κ3) is 4.94. The summed E-state index contributed by atoms with van der Waals surface area (Å²) in [5.41, 5.74) is 7.55. The number of aromatic nitrogens is 1. The van der Waals surface area contributed by atoms with Gasteiger partial charge in [-0.1, -0.05) is 50.2 Å². The van der Waals surface area contributed by atoms with Crippen molar-refractivity contribution in [1.29, 1.82) is 0 Å². The van der Waals surface area contributed by atoms with Crippen molar-refractivity contribution in [3.63, 3.8) is 0 Å². The molecule has 4 heteroatoms. The van der Waals surface area contributed by atoms with E-state index in [0.29, 0.717) is 17.5 Å². The van der Waals surface area contributed by atoms with E-state index in [1.165, 1.54) is 52.9 Å². The maximum Gasteiger partial charge on any atom is 0.226 e. The van der Waals surface area contributed by atoms with E-state index in [4.69, 9.17) is 0 Å². The van der Waals surface area contributed by atoms with Crippen LogP contribution < -0.4 is 5.32 Å². The third-order valence-corrected chi connectivity index (χ3v) is 6.44. The lowest BCUT2D eigenvalue weighted by Crippen LogP contribution is -2.12. The van der Waals surface area contributed by atoms with E-state index in [2.05, 4.69) is 66.6 Å². The lowest BCUT2D eigenvalue weighted by Gasteiger charge is -2.16. The molecule has 1 N–H and O–H groups in total. The summed E-state index contributed by atoms with van der Waals surface area (Å²) in [6.07, 6.45) is 6.13. The number of thiazole rings is 1. The fraction of sp³-hybridized carbons (Fsp3) is 0.360. The molecule has 29 heavy (non-hydrogen) atoms.